The molecule has 3 aliphatic rings. The van der Waals surface area contributed by atoms with Gasteiger partial charge in [-0.15, -0.1) is 6.58 Å². The van der Waals surface area contributed by atoms with Crippen LogP contribution in [0, 0.1) is 17.8 Å². The van der Waals surface area contributed by atoms with Crippen LogP contribution < -0.4 is 0 Å². The van der Waals surface area contributed by atoms with Gasteiger partial charge in [-0.2, -0.15) is 0 Å². The molecule has 25 heavy (non-hydrogen) atoms. The molecule has 2 fully saturated rings. The molecule has 1 heterocycles. The van der Waals surface area contributed by atoms with Crippen LogP contribution in [0.25, 0.3) is 0 Å². The molecule has 2 unspecified atom stereocenters. The third-order valence-electron chi connectivity index (χ3n) is 7.92. The molecule has 2 aliphatic carbocycles. The molecule has 1 aliphatic heterocycles. The summed E-state index contributed by atoms with van der Waals surface area (Å²) >= 11 is 0. The van der Waals surface area contributed by atoms with Crippen LogP contribution in [0.5, 0.6) is 0 Å². The Hall–Kier alpha value is -0.920. The second-order valence-corrected chi connectivity index (χ2v) is 9.33. The fourth-order valence-electron chi connectivity index (χ4n) is 6.48. The fraction of sp³-hybridized carbons (Fsp3) is 0.826. The van der Waals surface area contributed by atoms with Gasteiger partial charge in [-0.25, -0.2) is 0 Å². The van der Waals surface area contributed by atoms with Gasteiger partial charge < -0.3 is 9.80 Å². The van der Waals surface area contributed by atoms with E-state index in [0.29, 0.717) is 5.54 Å². The van der Waals surface area contributed by atoms with Crippen molar-refractivity contribution in [2.24, 2.45) is 17.8 Å². The maximum atomic E-state index is 4.03. The number of hydrogen-bond donors (Lipinski definition) is 0. The second kappa shape index (κ2) is 7.37. The van der Waals surface area contributed by atoms with Gasteiger partial charge in [0.05, 0.1) is 6.67 Å². The van der Waals surface area contributed by atoms with Crippen molar-refractivity contribution in [2.75, 3.05) is 6.67 Å². The highest BCUT2D eigenvalue weighted by molar-refractivity contribution is 5.10. The lowest BCUT2D eigenvalue weighted by atomic mass is 9.61. The molecule has 0 amide bonds. The van der Waals surface area contributed by atoms with Crippen LogP contribution in [0.2, 0.25) is 0 Å². The first-order valence-corrected chi connectivity index (χ1v) is 10.8. The van der Waals surface area contributed by atoms with Gasteiger partial charge in [-0.05, 0) is 75.5 Å². The third kappa shape index (κ3) is 3.38. The van der Waals surface area contributed by atoms with E-state index in [4.69, 9.17) is 0 Å². The van der Waals surface area contributed by atoms with Crippen LogP contribution in [-0.2, 0) is 0 Å². The van der Waals surface area contributed by atoms with Gasteiger partial charge in [-0.1, -0.05) is 33.8 Å². The van der Waals surface area contributed by atoms with E-state index >= 15 is 0 Å². The standard InChI is InChI=1S/C23H40N2/c1-6-10-22(7-2,8-3)24-11-12-25(18-24)23(9-4)16-20-13-19(5)14-21(15-20)17-23/h6,11-12,19-21H,1,7-10,13-18H2,2-5H3. The lowest BCUT2D eigenvalue weighted by Crippen LogP contribution is -2.55. The number of hydrogen-bond acceptors (Lipinski definition) is 2. The molecular formula is C23H40N2. The van der Waals surface area contributed by atoms with Gasteiger partial charge in [0.15, 0.2) is 0 Å². The molecule has 0 radical (unpaired) electrons. The molecule has 0 spiro atoms. The maximum Gasteiger partial charge on any atom is 0.0904 e. The Morgan fingerprint density at radius 2 is 1.72 bits per heavy atom. The summed E-state index contributed by atoms with van der Waals surface area (Å²) in [5.41, 5.74) is 0.654. The normalized spacial score (nSPS) is 35.3. The first-order chi connectivity index (χ1) is 12.0. The highest BCUT2D eigenvalue weighted by atomic mass is 15.4. The Bertz CT molecular complexity index is 472. The summed E-state index contributed by atoms with van der Waals surface area (Å²) in [6.45, 7) is 14.7. The number of fused-ring (bicyclic) bond motifs is 2. The highest BCUT2D eigenvalue weighted by Crippen LogP contribution is 2.50. The van der Waals surface area contributed by atoms with E-state index in [9.17, 15) is 0 Å². The molecule has 142 valence electrons. The second-order valence-electron chi connectivity index (χ2n) is 9.33. The highest BCUT2D eigenvalue weighted by Gasteiger charge is 2.47. The average molecular weight is 345 g/mol. The molecule has 2 atom stereocenters. The minimum Gasteiger partial charge on any atom is -0.353 e. The fourth-order valence-corrected chi connectivity index (χ4v) is 6.48. The van der Waals surface area contributed by atoms with E-state index in [-0.39, 0.29) is 5.54 Å². The minimum absolute atomic E-state index is 0.251. The summed E-state index contributed by atoms with van der Waals surface area (Å²) in [4.78, 5) is 5.35. The Morgan fingerprint density at radius 1 is 1.08 bits per heavy atom. The predicted molar refractivity (Wildman–Crippen MR) is 108 cm³/mol. The predicted octanol–water partition coefficient (Wildman–Crippen LogP) is 6.16. The topological polar surface area (TPSA) is 6.48 Å². The molecular weight excluding hydrogens is 304 g/mol. The smallest absolute Gasteiger partial charge is 0.0904 e. The van der Waals surface area contributed by atoms with Gasteiger partial charge in [0.1, 0.15) is 0 Å². The maximum absolute atomic E-state index is 4.03. The molecule has 2 heteroatoms. The molecule has 0 saturated heterocycles. The van der Waals surface area contributed by atoms with E-state index < -0.39 is 0 Å². The lowest BCUT2D eigenvalue weighted by Gasteiger charge is -2.53. The van der Waals surface area contributed by atoms with Crippen LogP contribution in [0.1, 0.15) is 85.5 Å². The summed E-state index contributed by atoms with van der Waals surface area (Å²) in [6.07, 6.45) is 18.9. The van der Waals surface area contributed by atoms with Crippen molar-refractivity contribution in [3.63, 3.8) is 0 Å². The monoisotopic (exact) mass is 344 g/mol. The zero-order valence-electron chi connectivity index (χ0n) is 17.1. The summed E-state index contributed by atoms with van der Waals surface area (Å²) < 4.78 is 0. The van der Waals surface area contributed by atoms with E-state index in [1.807, 2.05) is 0 Å². The summed E-state index contributed by atoms with van der Waals surface area (Å²) in [7, 11) is 0. The van der Waals surface area contributed by atoms with Gasteiger partial charge >= 0.3 is 0 Å². The van der Waals surface area contributed by atoms with Crippen molar-refractivity contribution in [1.29, 1.82) is 0 Å². The van der Waals surface area contributed by atoms with Crippen molar-refractivity contribution in [3.8, 4) is 0 Å². The summed E-state index contributed by atoms with van der Waals surface area (Å²) in [6, 6.07) is 0. The third-order valence-corrected chi connectivity index (χ3v) is 7.92. The van der Waals surface area contributed by atoms with Gasteiger partial charge in [-0.3, -0.25) is 0 Å². The van der Waals surface area contributed by atoms with E-state index in [1.165, 1.54) is 51.4 Å². The minimum atomic E-state index is 0.251. The van der Waals surface area contributed by atoms with Crippen LogP contribution >= 0.6 is 0 Å². The Labute approximate surface area is 156 Å². The molecule has 0 aromatic carbocycles. The van der Waals surface area contributed by atoms with Gasteiger partial charge in [0.25, 0.3) is 0 Å². The Kier molecular flexibility index (Phi) is 5.56. The van der Waals surface area contributed by atoms with Gasteiger partial charge in [0, 0.05) is 23.5 Å². The molecule has 0 N–H and O–H groups in total. The lowest BCUT2D eigenvalue weighted by molar-refractivity contribution is -0.0201. The molecule has 0 aromatic heterocycles. The largest absolute Gasteiger partial charge is 0.353 e. The van der Waals surface area contributed by atoms with Crippen LogP contribution in [0.4, 0.5) is 0 Å². The summed E-state index contributed by atoms with van der Waals surface area (Å²) in [5.74, 6) is 2.87. The first kappa shape index (κ1) is 18.9. The Morgan fingerprint density at radius 3 is 2.24 bits per heavy atom. The number of rotatable bonds is 7. The molecule has 2 bridgehead atoms. The van der Waals surface area contributed by atoms with E-state index in [1.54, 1.807) is 0 Å². The summed E-state index contributed by atoms with van der Waals surface area (Å²) in [5, 5.41) is 0. The SMILES string of the molecule is C=CCC(CC)(CC)N1C=CN(C2(CC)CC3CC(C)CC(C3)C2)C1. The van der Waals surface area contributed by atoms with Crippen LogP contribution in [0.3, 0.4) is 0 Å². The molecule has 2 saturated carbocycles. The molecule has 0 aromatic rings. The van der Waals surface area contributed by atoms with Crippen LogP contribution in [0.15, 0.2) is 25.1 Å². The first-order valence-electron chi connectivity index (χ1n) is 10.8. The molecule has 2 nitrogen and oxygen atoms in total. The Balaban J connectivity index is 1.76. The van der Waals surface area contributed by atoms with E-state index in [2.05, 4.69) is 62.5 Å². The van der Waals surface area contributed by atoms with Crippen molar-refractivity contribution >= 4 is 0 Å². The van der Waals surface area contributed by atoms with Crippen molar-refractivity contribution in [3.05, 3.63) is 25.1 Å². The zero-order valence-corrected chi connectivity index (χ0v) is 17.1. The average Bonchev–Trinajstić information content (AvgIpc) is 3.09. The van der Waals surface area contributed by atoms with Crippen molar-refractivity contribution in [1.82, 2.24) is 9.80 Å². The van der Waals surface area contributed by atoms with E-state index in [0.717, 1.165) is 30.8 Å². The quantitative estimate of drug-likeness (QED) is 0.510. The number of nitrogens with zero attached hydrogens (tertiary/aromatic N) is 2. The van der Waals surface area contributed by atoms with Crippen LogP contribution in [-0.4, -0.2) is 27.5 Å². The van der Waals surface area contributed by atoms with Gasteiger partial charge in [0.2, 0.25) is 0 Å². The molecule has 3 rings (SSSR count). The van der Waals surface area contributed by atoms with Crippen molar-refractivity contribution in [2.45, 2.75) is 96.6 Å². The zero-order chi connectivity index (χ0) is 18.1. The van der Waals surface area contributed by atoms with Crippen molar-refractivity contribution < 1.29 is 0 Å².